The fourth-order valence-electron chi connectivity index (χ4n) is 4.29. The van der Waals surface area contributed by atoms with Crippen LogP contribution < -0.4 is 5.73 Å². The Kier molecular flexibility index (Phi) is 10.5. The molecule has 1 atom stereocenters. The second kappa shape index (κ2) is 12.4. The van der Waals surface area contributed by atoms with Crippen LogP contribution in [0.2, 0.25) is 0 Å². The minimum atomic E-state index is -2.75. The van der Waals surface area contributed by atoms with Crippen LogP contribution in [0.5, 0.6) is 0 Å². The molecule has 3 rings (SSSR count). The second-order valence-electron chi connectivity index (χ2n) is 8.20. The normalized spacial score (nSPS) is 22.5. The van der Waals surface area contributed by atoms with Crippen LogP contribution in [-0.2, 0) is 11.2 Å². The van der Waals surface area contributed by atoms with Crippen molar-refractivity contribution in [1.82, 2.24) is 4.90 Å². The molecular formula is C22H32F3I3N2O. The number of carbonyl (C=O) groups is 1. The molecule has 2 fully saturated rings. The van der Waals surface area contributed by atoms with Gasteiger partial charge >= 0.3 is 214 Å². The number of nitrogens with zero attached hydrogens (tertiary/aromatic N) is 1. The van der Waals surface area contributed by atoms with E-state index in [1.165, 1.54) is 57.0 Å². The number of alkyl halides is 9. The van der Waals surface area contributed by atoms with Crippen molar-refractivity contribution in [3.63, 3.8) is 0 Å². The average molecular weight is 778 g/mol. The fraction of sp³-hybridized carbons (Fsp3) is 0.682. The first-order valence-corrected chi connectivity index (χ1v) is 21.2. The monoisotopic (exact) mass is 778 g/mol. The van der Waals surface area contributed by atoms with Gasteiger partial charge in [0.15, 0.2) is 0 Å². The van der Waals surface area contributed by atoms with E-state index in [9.17, 15) is 18.0 Å². The van der Waals surface area contributed by atoms with Gasteiger partial charge < -0.3 is 0 Å². The summed E-state index contributed by atoms with van der Waals surface area (Å²) >= 11 is -0.769. The van der Waals surface area contributed by atoms with Crippen molar-refractivity contribution in [2.75, 3.05) is 41.5 Å². The summed E-state index contributed by atoms with van der Waals surface area (Å²) in [6.45, 7) is 2.49. The predicted octanol–water partition coefficient (Wildman–Crippen LogP) is 6.58. The Hall–Kier alpha value is 0.630. The quantitative estimate of drug-likeness (QED) is 0.148. The Bertz CT molecular complexity index is 729. The van der Waals surface area contributed by atoms with Gasteiger partial charge in [0.05, 0.1) is 0 Å². The van der Waals surface area contributed by atoms with Crippen LogP contribution in [0.4, 0.5) is 18.9 Å². The van der Waals surface area contributed by atoms with Gasteiger partial charge in [0.1, 0.15) is 0 Å². The van der Waals surface area contributed by atoms with Gasteiger partial charge in [-0.3, -0.25) is 0 Å². The number of carbonyl (C=O) groups excluding carboxylic acids is 1. The summed E-state index contributed by atoms with van der Waals surface area (Å²) in [5.41, 5.74) is 5.91. The number of hydrogen-bond donors (Lipinski definition) is 1. The maximum atomic E-state index is 13.8. The van der Waals surface area contributed by atoms with E-state index >= 15 is 0 Å². The number of nitrogens with two attached hydrogens (primary N) is 1. The molecule has 0 saturated carbocycles. The first kappa shape index (κ1) is 26.2. The number of nitrogen functional groups attached to an aromatic ring is 1. The van der Waals surface area contributed by atoms with Gasteiger partial charge in [-0.25, -0.2) is 0 Å². The number of aryl methyl sites for hydroxylation is 1. The van der Waals surface area contributed by atoms with Crippen LogP contribution in [0.3, 0.4) is 0 Å². The third-order valence-corrected chi connectivity index (χ3v) is 17.8. The summed E-state index contributed by atoms with van der Waals surface area (Å²) < 4.78 is 44.5. The SMILES string of the molecule is CI1CCCN(C2CCI(C(=O)CCc3cc(C(F)F)c(N)c(C(F)I)c3)CC2)CC1. The van der Waals surface area contributed by atoms with Crippen LogP contribution in [0.1, 0.15) is 53.0 Å². The van der Waals surface area contributed by atoms with Crippen molar-refractivity contribution in [3.8, 4) is 0 Å². The molecule has 2 saturated heterocycles. The Morgan fingerprint density at radius 2 is 1.84 bits per heavy atom. The van der Waals surface area contributed by atoms with Crippen LogP contribution in [-0.4, -0.2) is 50.5 Å². The molecule has 3 nitrogen and oxygen atoms in total. The molecule has 178 valence electrons. The summed E-state index contributed by atoms with van der Waals surface area (Å²) in [5.74, 6) is 0. The summed E-state index contributed by atoms with van der Waals surface area (Å²) in [6, 6.07) is 3.55. The van der Waals surface area contributed by atoms with E-state index in [0.29, 0.717) is 28.2 Å². The van der Waals surface area contributed by atoms with Gasteiger partial charge in [0.25, 0.3) is 0 Å². The van der Waals surface area contributed by atoms with Crippen molar-refractivity contribution < 1.29 is 18.0 Å². The Morgan fingerprint density at radius 1 is 1.16 bits per heavy atom. The molecule has 2 aliphatic heterocycles. The molecule has 0 spiro atoms. The number of benzene rings is 1. The van der Waals surface area contributed by atoms with Crippen molar-refractivity contribution in [2.45, 2.75) is 48.7 Å². The van der Waals surface area contributed by atoms with E-state index in [4.69, 9.17) is 5.73 Å². The zero-order valence-electron chi connectivity index (χ0n) is 17.9. The first-order chi connectivity index (χ1) is 14.8. The molecule has 1 aromatic carbocycles. The number of rotatable bonds is 7. The molecule has 2 N–H and O–H groups in total. The number of hydrogen-bond acceptors (Lipinski definition) is 3. The Balaban J connectivity index is 1.54. The zero-order chi connectivity index (χ0) is 22.5. The Morgan fingerprint density at radius 3 is 2.48 bits per heavy atom. The standard InChI is InChI=1S/C22H32F3I3N2O/c1-27-7-2-11-30(12-10-27)16-5-8-28(9-6-16)19(31)4-3-15-13-17(21(23)24)20(29)18(14-15)22(25)26/h13-14,16,21-22H,2-12,29H2,1H3. The van der Waals surface area contributed by atoms with Gasteiger partial charge in [0, 0.05) is 0 Å². The fourth-order valence-corrected chi connectivity index (χ4v) is 14.1. The van der Waals surface area contributed by atoms with E-state index in [-0.39, 0.29) is 16.8 Å². The van der Waals surface area contributed by atoms with Crippen LogP contribution in [0, 0.1) is 0 Å². The summed E-state index contributed by atoms with van der Waals surface area (Å²) in [4.78, 5) is 18.1. The molecule has 0 bridgehead atoms. The van der Waals surface area contributed by atoms with Gasteiger partial charge in [-0.2, -0.15) is 0 Å². The third kappa shape index (κ3) is 7.30. The van der Waals surface area contributed by atoms with Crippen molar-refractivity contribution in [2.24, 2.45) is 0 Å². The molecule has 2 heterocycles. The molecule has 1 unspecified atom stereocenters. The van der Waals surface area contributed by atoms with E-state index in [0.717, 1.165) is 21.7 Å². The predicted molar refractivity (Wildman–Crippen MR) is 150 cm³/mol. The van der Waals surface area contributed by atoms with Crippen molar-refractivity contribution in [3.05, 3.63) is 28.8 Å². The summed E-state index contributed by atoms with van der Waals surface area (Å²) in [5, 5.41) is 0. The van der Waals surface area contributed by atoms with Crippen LogP contribution in [0.25, 0.3) is 0 Å². The van der Waals surface area contributed by atoms with Gasteiger partial charge in [-0.1, -0.05) is 0 Å². The van der Waals surface area contributed by atoms with E-state index in [2.05, 4.69) is 9.83 Å². The second-order valence-corrected chi connectivity index (χ2v) is 21.5. The Labute approximate surface area is 211 Å². The molecular weight excluding hydrogens is 746 g/mol. The summed E-state index contributed by atoms with van der Waals surface area (Å²) in [6.07, 6.45) is 1.67. The topological polar surface area (TPSA) is 46.3 Å². The van der Waals surface area contributed by atoms with E-state index < -0.39 is 50.2 Å². The average Bonchev–Trinajstić information content (AvgIpc) is 2.96. The minimum absolute atomic E-state index is 0.0930. The summed E-state index contributed by atoms with van der Waals surface area (Å²) in [7, 11) is 0. The van der Waals surface area contributed by atoms with Gasteiger partial charge in [-0.15, -0.1) is 0 Å². The molecule has 31 heavy (non-hydrogen) atoms. The third-order valence-electron chi connectivity index (χ3n) is 6.14. The molecule has 0 amide bonds. The molecule has 0 aliphatic carbocycles. The molecule has 0 aromatic heterocycles. The van der Waals surface area contributed by atoms with Crippen LogP contribution >= 0.6 is 62.2 Å². The zero-order valence-corrected chi connectivity index (χ0v) is 24.3. The van der Waals surface area contributed by atoms with Gasteiger partial charge in [-0.05, 0) is 0 Å². The molecule has 0 radical (unpaired) electrons. The first-order valence-electron chi connectivity index (χ1n) is 10.6. The van der Waals surface area contributed by atoms with E-state index in [1.54, 1.807) is 6.07 Å². The van der Waals surface area contributed by atoms with Crippen molar-refractivity contribution in [1.29, 1.82) is 0 Å². The van der Waals surface area contributed by atoms with E-state index in [1.807, 2.05) is 0 Å². The number of anilines is 1. The maximum absolute atomic E-state index is 13.8. The van der Waals surface area contributed by atoms with Gasteiger partial charge in [0.2, 0.25) is 0 Å². The molecule has 9 heteroatoms. The van der Waals surface area contributed by atoms with Crippen molar-refractivity contribution >= 4 is 71.7 Å². The molecule has 2 aliphatic rings. The number of halogens is 6. The van der Waals surface area contributed by atoms with Crippen LogP contribution in [0.15, 0.2) is 12.1 Å². The molecule has 1 aromatic rings.